The SMILES string of the molecule is Nc1nc(Br)nn1Cc1ccccc1. The Labute approximate surface area is 89.9 Å². The molecule has 0 amide bonds. The van der Waals surface area contributed by atoms with Gasteiger partial charge in [-0.15, -0.1) is 5.10 Å². The van der Waals surface area contributed by atoms with Gasteiger partial charge in [0.05, 0.1) is 6.54 Å². The summed E-state index contributed by atoms with van der Waals surface area (Å²) in [5.74, 6) is 0.417. The van der Waals surface area contributed by atoms with Crippen molar-refractivity contribution in [2.75, 3.05) is 5.73 Å². The van der Waals surface area contributed by atoms with Gasteiger partial charge in [0.25, 0.3) is 0 Å². The first-order chi connectivity index (χ1) is 6.75. The Morgan fingerprint density at radius 1 is 1.29 bits per heavy atom. The summed E-state index contributed by atoms with van der Waals surface area (Å²) >= 11 is 3.17. The maximum atomic E-state index is 5.65. The Balaban J connectivity index is 2.23. The second kappa shape index (κ2) is 3.79. The van der Waals surface area contributed by atoms with Crippen LogP contribution in [0.25, 0.3) is 0 Å². The van der Waals surface area contributed by atoms with Crippen LogP contribution in [0.2, 0.25) is 0 Å². The van der Waals surface area contributed by atoms with E-state index in [-0.39, 0.29) is 0 Å². The highest BCUT2D eigenvalue weighted by atomic mass is 79.9. The monoisotopic (exact) mass is 252 g/mol. The molecule has 1 aromatic carbocycles. The molecule has 14 heavy (non-hydrogen) atoms. The van der Waals surface area contributed by atoms with Gasteiger partial charge in [-0.25, -0.2) is 4.68 Å². The zero-order chi connectivity index (χ0) is 9.97. The number of aromatic nitrogens is 3. The normalized spacial score (nSPS) is 10.4. The first kappa shape index (κ1) is 9.21. The molecule has 2 rings (SSSR count). The molecule has 5 heteroatoms. The molecule has 0 saturated carbocycles. The Bertz CT molecular complexity index is 424. The van der Waals surface area contributed by atoms with Crippen molar-refractivity contribution in [3.05, 3.63) is 40.6 Å². The topological polar surface area (TPSA) is 56.7 Å². The van der Waals surface area contributed by atoms with Crippen molar-refractivity contribution >= 4 is 21.9 Å². The lowest BCUT2D eigenvalue weighted by molar-refractivity contribution is 0.691. The van der Waals surface area contributed by atoms with Crippen molar-refractivity contribution in [2.24, 2.45) is 0 Å². The lowest BCUT2D eigenvalue weighted by atomic mass is 10.2. The van der Waals surface area contributed by atoms with Crippen LogP contribution < -0.4 is 5.73 Å². The van der Waals surface area contributed by atoms with Crippen molar-refractivity contribution in [1.29, 1.82) is 0 Å². The number of hydrogen-bond donors (Lipinski definition) is 1. The van der Waals surface area contributed by atoms with Gasteiger partial charge >= 0.3 is 0 Å². The van der Waals surface area contributed by atoms with Gasteiger partial charge in [-0.1, -0.05) is 30.3 Å². The lowest BCUT2D eigenvalue weighted by Gasteiger charge is -2.01. The van der Waals surface area contributed by atoms with Crippen LogP contribution >= 0.6 is 15.9 Å². The summed E-state index contributed by atoms with van der Waals surface area (Å²) < 4.78 is 2.17. The predicted molar refractivity (Wildman–Crippen MR) is 57.7 cm³/mol. The number of nitrogens with zero attached hydrogens (tertiary/aromatic N) is 3. The number of hydrogen-bond acceptors (Lipinski definition) is 3. The first-order valence-corrected chi connectivity index (χ1v) is 4.95. The van der Waals surface area contributed by atoms with Gasteiger partial charge in [-0.05, 0) is 21.5 Å². The highest BCUT2D eigenvalue weighted by Gasteiger charge is 2.03. The molecule has 0 unspecified atom stereocenters. The Kier molecular flexibility index (Phi) is 2.49. The maximum absolute atomic E-state index is 5.65. The molecule has 2 N–H and O–H groups in total. The van der Waals surface area contributed by atoms with E-state index in [0.29, 0.717) is 17.2 Å². The molecule has 0 aliphatic heterocycles. The largest absolute Gasteiger partial charge is 0.368 e. The summed E-state index contributed by atoms with van der Waals surface area (Å²) in [7, 11) is 0. The van der Waals surface area contributed by atoms with Crippen LogP contribution in [0.1, 0.15) is 5.56 Å². The fourth-order valence-corrected chi connectivity index (χ4v) is 1.57. The van der Waals surface area contributed by atoms with Crippen molar-refractivity contribution < 1.29 is 0 Å². The van der Waals surface area contributed by atoms with E-state index >= 15 is 0 Å². The van der Waals surface area contributed by atoms with Crippen LogP contribution in [0, 0.1) is 0 Å². The summed E-state index contributed by atoms with van der Waals surface area (Å²) in [6.45, 7) is 0.644. The van der Waals surface area contributed by atoms with Gasteiger partial charge in [0, 0.05) is 0 Å². The van der Waals surface area contributed by atoms with Crippen molar-refractivity contribution in [3.8, 4) is 0 Å². The van der Waals surface area contributed by atoms with Crippen LogP contribution in [-0.4, -0.2) is 14.8 Å². The van der Waals surface area contributed by atoms with Crippen LogP contribution in [-0.2, 0) is 6.54 Å². The van der Waals surface area contributed by atoms with E-state index in [1.807, 2.05) is 30.3 Å². The lowest BCUT2D eigenvalue weighted by Crippen LogP contribution is -2.05. The molecule has 0 radical (unpaired) electrons. The maximum Gasteiger partial charge on any atom is 0.219 e. The van der Waals surface area contributed by atoms with Gasteiger partial charge in [0.15, 0.2) is 0 Å². The predicted octanol–water partition coefficient (Wildman–Crippen LogP) is 1.67. The fourth-order valence-electron chi connectivity index (χ4n) is 1.20. The minimum Gasteiger partial charge on any atom is -0.368 e. The van der Waals surface area contributed by atoms with E-state index in [9.17, 15) is 0 Å². The third-order valence-corrected chi connectivity index (χ3v) is 2.19. The third-order valence-electron chi connectivity index (χ3n) is 1.85. The van der Waals surface area contributed by atoms with Crippen molar-refractivity contribution in [1.82, 2.24) is 14.8 Å². The second-order valence-corrected chi connectivity index (χ2v) is 3.59. The van der Waals surface area contributed by atoms with Crippen molar-refractivity contribution in [2.45, 2.75) is 6.54 Å². The second-order valence-electron chi connectivity index (χ2n) is 2.88. The van der Waals surface area contributed by atoms with Crippen LogP contribution in [0.3, 0.4) is 0 Å². The van der Waals surface area contributed by atoms with Gasteiger partial charge in [-0.3, -0.25) is 0 Å². The van der Waals surface area contributed by atoms with Crippen LogP contribution in [0.15, 0.2) is 35.1 Å². The number of benzene rings is 1. The summed E-state index contributed by atoms with van der Waals surface area (Å²) in [5.41, 5.74) is 6.80. The fraction of sp³-hybridized carbons (Fsp3) is 0.111. The molecule has 0 fully saturated rings. The van der Waals surface area contributed by atoms with Gasteiger partial charge in [-0.2, -0.15) is 4.98 Å². The minimum absolute atomic E-state index is 0.417. The van der Waals surface area contributed by atoms with E-state index in [1.54, 1.807) is 4.68 Å². The zero-order valence-corrected chi connectivity index (χ0v) is 8.98. The molecular weight excluding hydrogens is 244 g/mol. The van der Waals surface area contributed by atoms with Gasteiger partial charge < -0.3 is 5.73 Å². The summed E-state index contributed by atoms with van der Waals surface area (Å²) in [5, 5.41) is 4.10. The molecule has 72 valence electrons. The third kappa shape index (κ3) is 1.93. The summed E-state index contributed by atoms with van der Waals surface area (Å²) in [6.07, 6.45) is 0. The number of halogens is 1. The molecule has 0 saturated heterocycles. The average molecular weight is 253 g/mol. The molecule has 4 nitrogen and oxygen atoms in total. The summed E-state index contributed by atoms with van der Waals surface area (Å²) in [4.78, 5) is 3.95. The molecule has 0 spiro atoms. The van der Waals surface area contributed by atoms with E-state index in [2.05, 4.69) is 26.0 Å². The number of anilines is 1. The zero-order valence-electron chi connectivity index (χ0n) is 7.39. The Morgan fingerprint density at radius 3 is 2.57 bits per heavy atom. The molecular formula is C9H9BrN4. The Hall–Kier alpha value is -1.36. The highest BCUT2D eigenvalue weighted by Crippen LogP contribution is 2.09. The van der Waals surface area contributed by atoms with E-state index in [1.165, 1.54) is 0 Å². The Morgan fingerprint density at radius 2 is 2.00 bits per heavy atom. The number of nitrogens with two attached hydrogens (primary N) is 1. The molecule has 0 aliphatic carbocycles. The van der Waals surface area contributed by atoms with Crippen LogP contribution in [0.4, 0.5) is 5.95 Å². The van der Waals surface area contributed by atoms with Gasteiger partial charge in [0.1, 0.15) is 0 Å². The quantitative estimate of drug-likeness (QED) is 0.885. The highest BCUT2D eigenvalue weighted by molar-refractivity contribution is 9.10. The molecule has 1 heterocycles. The molecule has 0 aliphatic rings. The molecule has 2 aromatic rings. The van der Waals surface area contributed by atoms with E-state index in [4.69, 9.17) is 5.73 Å². The number of nitrogen functional groups attached to an aromatic ring is 1. The molecule has 0 atom stereocenters. The summed E-state index contributed by atoms with van der Waals surface area (Å²) in [6, 6.07) is 9.99. The number of rotatable bonds is 2. The van der Waals surface area contributed by atoms with Gasteiger partial charge in [0.2, 0.25) is 10.7 Å². The first-order valence-electron chi connectivity index (χ1n) is 4.15. The smallest absolute Gasteiger partial charge is 0.219 e. The molecule has 0 bridgehead atoms. The molecule has 1 aromatic heterocycles. The van der Waals surface area contributed by atoms with Crippen LogP contribution in [0.5, 0.6) is 0 Å². The average Bonchev–Trinajstić information content (AvgIpc) is 2.47. The standard InChI is InChI=1S/C9H9BrN4/c10-8-12-9(11)14(13-8)6-7-4-2-1-3-5-7/h1-5H,6H2,(H2,11,12,13). The van der Waals surface area contributed by atoms with E-state index in [0.717, 1.165) is 5.56 Å². The van der Waals surface area contributed by atoms with E-state index < -0.39 is 0 Å². The minimum atomic E-state index is 0.417. The van der Waals surface area contributed by atoms with Crippen molar-refractivity contribution in [3.63, 3.8) is 0 Å².